The number of allylic oxidation sites excluding steroid dienone is 1. The average Bonchev–Trinajstić information content (AvgIpc) is 3.61. The summed E-state index contributed by atoms with van der Waals surface area (Å²) in [7, 11) is 0. The van der Waals surface area contributed by atoms with Gasteiger partial charge in [0.2, 0.25) is 11.5 Å². The number of nitrogens with zero attached hydrogens (tertiary/aromatic N) is 1. The Labute approximate surface area is 233 Å². The molecular weight excluding hydrogens is 488 g/mol. The molecule has 1 N–H and O–H groups in total. The first-order chi connectivity index (χ1) is 18.0. The molecule has 6 aliphatic rings. The summed E-state index contributed by atoms with van der Waals surface area (Å²) in [5.41, 5.74) is -2.60. The van der Waals surface area contributed by atoms with Crippen LogP contribution in [0.5, 0.6) is 0 Å². The van der Waals surface area contributed by atoms with E-state index in [4.69, 9.17) is 4.74 Å². The van der Waals surface area contributed by atoms with Gasteiger partial charge in [-0.3, -0.25) is 14.4 Å². The fourth-order valence-corrected chi connectivity index (χ4v) is 11.2. The van der Waals surface area contributed by atoms with Gasteiger partial charge in [-0.2, -0.15) is 5.26 Å². The number of hydrogen-bond donors (Lipinski definition) is 1. The van der Waals surface area contributed by atoms with Gasteiger partial charge in [-0.05, 0) is 86.0 Å². The molecule has 5 aliphatic carbocycles. The monoisotopic (exact) mass is 534 g/mol. The Morgan fingerprint density at radius 1 is 1.05 bits per heavy atom. The van der Waals surface area contributed by atoms with Crippen molar-refractivity contribution in [2.24, 2.45) is 50.2 Å². The summed E-state index contributed by atoms with van der Waals surface area (Å²) >= 11 is 0. The SMILES string of the molecule is CCNC(=O)[C@]12CCC(C)(C)CC1C1C(=O)C=C3[C@@]4(C)[C@H]5O[C@@]5(C#N)C(=O)C(C)(C)[C@@H]4CC[C@@]3(C)[C@]1(C)CC2. The van der Waals surface area contributed by atoms with Crippen molar-refractivity contribution in [3.05, 3.63) is 11.6 Å². The van der Waals surface area contributed by atoms with Crippen molar-refractivity contribution in [2.45, 2.75) is 112 Å². The largest absolute Gasteiger partial charge is 0.356 e. The predicted molar refractivity (Wildman–Crippen MR) is 147 cm³/mol. The molecule has 0 bridgehead atoms. The number of Topliss-reactive ketones (excluding diaryl/α,β-unsaturated/α-hetero) is 1. The van der Waals surface area contributed by atoms with Crippen molar-refractivity contribution in [1.82, 2.24) is 5.32 Å². The zero-order chi connectivity index (χ0) is 28.6. The summed E-state index contributed by atoms with van der Waals surface area (Å²) in [6.45, 7) is 17.9. The zero-order valence-corrected chi connectivity index (χ0v) is 25.1. The van der Waals surface area contributed by atoms with E-state index in [0.717, 1.165) is 50.5 Å². The van der Waals surface area contributed by atoms with Crippen molar-refractivity contribution in [3.63, 3.8) is 0 Å². The van der Waals surface area contributed by atoms with Crippen LogP contribution in [0.4, 0.5) is 0 Å². The number of carbonyl (C=O) groups is 3. The third kappa shape index (κ3) is 2.94. The minimum Gasteiger partial charge on any atom is -0.356 e. The molecule has 1 saturated heterocycles. The summed E-state index contributed by atoms with van der Waals surface area (Å²) in [5, 5.41) is 13.3. The van der Waals surface area contributed by atoms with Gasteiger partial charge in [0.05, 0.1) is 5.41 Å². The summed E-state index contributed by atoms with van der Waals surface area (Å²) < 4.78 is 6.11. The van der Waals surface area contributed by atoms with E-state index in [1.165, 1.54) is 0 Å². The highest BCUT2D eigenvalue weighted by Crippen LogP contribution is 2.77. The second-order valence-electron chi connectivity index (χ2n) is 15.9. The number of amides is 1. The zero-order valence-electron chi connectivity index (χ0n) is 25.1. The fraction of sp³-hybridized carbons (Fsp3) is 0.818. The minimum atomic E-state index is -1.40. The van der Waals surface area contributed by atoms with Gasteiger partial charge >= 0.3 is 0 Å². The Hall–Kier alpha value is -2.00. The Morgan fingerprint density at radius 3 is 2.36 bits per heavy atom. The van der Waals surface area contributed by atoms with Crippen molar-refractivity contribution >= 4 is 17.5 Å². The molecule has 6 rings (SSSR count). The molecule has 0 aromatic heterocycles. The van der Waals surface area contributed by atoms with E-state index in [9.17, 15) is 19.6 Å². The molecule has 1 aliphatic heterocycles. The number of rotatable bonds is 2. The molecule has 5 fully saturated rings. The second-order valence-corrected chi connectivity index (χ2v) is 15.9. The molecule has 0 spiro atoms. The summed E-state index contributed by atoms with van der Waals surface area (Å²) in [4.78, 5) is 41.8. The van der Waals surface area contributed by atoms with Crippen molar-refractivity contribution < 1.29 is 19.1 Å². The van der Waals surface area contributed by atoms with Crippen molar-refractivity contribution in [3.8, 4) is 6.07 Å². The van der Waals surface area contributed by atoms with Crippen LogP contribution in [0, 0.1) is 61.6 Å². The van der Waals surface area contributed by atoms with Crippen molar-refractivity contribution in [1.29, 1.82) is 5.26 Å². The number of hydrogen-bond acceptors (Lipinski definition) is 5. The minimum absolute atomic E-state index is 0.000969. The molecule has 0 aromatic rings. The van der Waals surface area contributed by atoms with Crippen LogP contribution in [-0.4, -0.2) is 35.7 Å². The highest BCUT2D eigenvalue weighted by atomic mass is 16.6. The van der Waals surface area contributed by atoms with E-state index >= 15 is 0 Å². The van der Waals surface area contributed by atoms with Gasteiger partial charge in [-0.15, -0.1) is 0 Å². The molecule has 2 unspecified atom stereocenters. The molecular formula is C33H46N2O4. The van der Waals surface area contributed by atoms with Crippen molar-refractivity contribution in [2.75, 3.05) is 6.54 Å². The normalized spacial score (nSPS) is 50.6. The van der Waals surface area contributed by atoms with E-state index in [1.807, 2.05) is 26.8 Å². The first-order valence-corrected chi connectivity index (χ1v) is 15.2. The molecule has 0 radical (unpaired) electrons. The number of nitriles is 1. The number of ether oxygens (including phenoxy) is 1. The van der Waals surface area contributed by atoms with Gasteiger partial charge in [-0.1, -0.05) is 54.0 Å². The van der Waals surface area contributed by atoms with Crippen LogP contribution >= 0.6 is 0 Å². The quantitative estimate of drug-likeness (QED) is 0.468. The van der Waals surface area contributed by atoms with Crippen LogP contribution < -0.4 is 5.32 Å². The summed E-state index contributed by atoms with van der Waals surface area (Å²) in [6, 6.07) is 2.25. The molecule has 39 heavy (non-hydrogen) atoms. The van der Waals surface area contributed by atoms with E-state index in [-0.39, 0.29) is 51.5 Å². The number of carbonyl (C=O) groups excluding carboxylic acids is 3. The first-order valence-electron chi connectivity index (χ1n) is 15.2. The van der Waals surface area contributed by atoms with Crippen LogP contribution in [0.1, 0.15) is 100 Å². The lowest BCUT2D eigenvalue weighted by molar-refractivity contribution is -0.180. The van der Waals surface area contributed by atoms with Gasteiger partial charge < -0.3 is 10.1 Å². The highest BCUT2D eigenvalue weighted by molar-refractivity contribution is 6.01. The maximum absolute atomic E-state index is 14.6. The Balaban J connectivity index is 1.51. The lowest BCUT2D eigenvalue weighted by atomic mass is 9.33. The molecule has 1 amide bonds. The number of fused-ring (bicyclic) bond motifs is 9. The molecule has 4 saturated carbocycles. The molecule has 1 heterocycles. The maximum Gasteiger partial charge on any atom is 0.240 e. The predicted octanol–water partition coefficient (Wildman–Crippen LogP) is 5.55. The summed E-state index contributed by atoms with van der Waals surface area (Å²) in [6.07, 6.45) is 7.49. The number of epoxide rings is 1. The van der Waals surface area contributed by atoms with Gasteiger partial charge in [0.15, 0.2) is 11.6 Å². The van der Waals surface area contributed by atoms with Gasteiger partial charge in [-0.25, -0.2) is 0 Å². The molecule has 6 heteroatoms. The third-order valence-corrected chi connectivity index (χ3v) is 13.5. The third-order valence-electron chi connectivity index (χ3n) is 13.5. The van der Waals surface area contributed by atoms with Gasteiger partial charge in [0.1, 0.15) is 12.2 Å². The van der Waals surface area contributed by atoms with E-state index in [0.29, 0.717) is 6.54 Å². The fourth-order valence-electron chi connectivity index (χ4n) is 11.2. The maximum atomic E-state index is 14.6. The lowest BCUT2D eigenvalue weighted by Gasteiger charge is -2.69. The van der Waals surface area contributed by atoms with Crippen LogP contribution in [-0.2, 0) is 19.1 Å². The smallest absolute Gasteiger partial charge is 0.240 e. The van der Waals surface area contributed by atoms with Crippen LogP contribution in [0.25, 0.3) is 0 Å². The van der Waals surface area contributed by atoms with Crippen LogP contribution in [0.2, 0.25) is 0 Å². The average molecular weight is 535 g/mol. The summed E-state index contributed by atoms with van der Waals surface area (Å²) in [5.74, 6) is -0.0468. The second kappa shape index (κ2) is 7.64. The van der Waals surface area contributed by atoms with E-state index < -0.39 is 27.9 Å². The standard InChI is InChI=1S/C33H46N2O4/c1-9-35-26(38)32-14-12-27(2,3)17-19(32)23-20(36)16-22-29(6,30(23,7)13-15-32)11-10-21-28(4,5)24(37)33(18-34)25(39-33)31(21,22)8/h16,19,21,23,25H,9-15,17H2,1-8H3,(H,35,38)/t19?,21-,23?,25+,29+,30+,31-,32-,33-/m0/s1. The van der Waals surface area contributed by atoms with E-state index in [1.54, 1.807) is 0 Å². The van der Waals surface area contributed by atoms with E-state index in [2.05, 4.69) is 46.0 Å². The van der Waals surface area contributed by atoms with Gasteiger partial charge in [0, 0.05) is 23.3 Å². The molecule has 6 nitrogen and oxygen atoms in total. The molecule has 0 aromatic carbocycles. The van der Waals surface area contributed by atoms with Crippen LogP contribution in [0.15, 0.2) is 11.6 Å². The number of ketones is 2. The Kier molecular flexibility index (Phi) is 5.32. The van der Waals surface area contributed by atoms with Gasteiger partial charge in [0.25, 0.3) is 0 Å². The lowest BCUT2D eigenvalue weighted by Crippen LogP contribution is -2.68. The molecule has 212 valence electrons. The first kappa shape index (κ1) is 27.2. The van der Waals surface area contributed by atoms with Crippen LogP contribution in [0.3, 0.4) is 0 Å². The topological polar surface area (TPSA) is 99.6 Å². The Morgan fingerprint density at radius 2 is 1.72 bits per heavy atom. The highest BCUT2D eigenvalue weighted by Gasteiger charge is 2.82. The Bertz CT molecular complexity index is 1260. The number of nitrogens with one attached hydrogen (secondary N) is 1. The molecule has 9 atom stereocenters.